The number of nitrogens with two attached hydrogens (primary N) is 1. The van der Waals surface area contributed by atoms with Crippen molar-refractivity contribution in [2.45, 2.75) is 31.8 Å². The topological polar surface area (TPSA) is 82.7 Å². The monoisotopic (exact) mass is 368 g/mol. The molecule has 3 rings (SSSR count). The predicted octanol–water partition coefficient (Wildman–Crippen LogP) is 2.66. The first-order valence-corrected chi connectivity index (χ1v) is 9.59. The fraction of sp³-hybridized carbons (Fsp3) is 0.429. The van der Waals surface area contributed by atoms with Crippen LogP contribution < -0.4 is 10.6 Å². The number of aromatic nitrogens is 1. The molecule has 0 saturated carbocycles. The van der Waals surface area contributed by atoms with Crippen LogP contribution in [-0.4, -0.2) is 47.1 Å². The van der Waals surface area contributed by atoms with Gasteiger partial charge in [0.15, 0.2) is 0 Å². The van der Waals surface area contributed by atoms with E-state index in [1.165, 1.54) is 11.3 Å². The Kier molecular flexibility index (Phi) is 6.79. The van der Waals surface area contributed by atoms with E-state index in [1.807, 2.05) is 36.7 Å². The van der Waals surface area contributed by atoms with Crippen molar-refractivity contribution in [2.75, 3.05) is 31.1 Å². The highest BCUT2D eigenvalue weighted by molar-refractivity contribution is 5.66. The molecule has 0 amide bonds. The Labute approximate surface area is 160 Å². The van der Waals surface area contributed by atoms with Gasteiger partial charge in [-0.1, -0.05) is 24.3 Å². The SMILES string of the molecule is NC(c1ccccc1CCCCC(=O)O)N1CCN(c2ccncc2)CC1. The standard InChI is InChI=1S/C21H28N4O2/c22-21(19-7-3-1-5-17(19)6-2-4-8-20(26)27)25-15-13-24(14-16-25)18-9-11-23-12-10-18/h1,3,5,7,9-12,21H,2,4,6,8,13-16,22H2,(H,26,27). The van der Waals surface area contributed by atoms with Gasteiger partial charge in [-0.15, -0.1) is 0 Å². The van der Waals surface area contributed by atoms with Crippen molar-refractivity contribution in [3.05, 3.63) is 59.9 Å². The lowest BCUT2D eigenvalue weighted by molar-refractivity contribution is -0.137. The summed E-state index contributed by atoms with van der Waals surface area (Å²) in [4.78, 5) is 19.5. The molecule has 3 N–H and O–H groups in total. The van der Waals surface area contributed by atoms with Gasteiger partial charge in [0, 0.05) is 50.7 Å². The maximum absolute atomic E-state index is 10.7. The number of pyridine rings is 1. The normalized spacial score (nSPS) is 16.3. The third-order valence-electron chi connectivity index (χ3n) is 5.20. The lowest BCUT2D eigenvalue weighted by Gasteiger charge is -2.39. The van der Waals surface area contributed by atoms with Crippen molar-refractivity contribution in [3.8, 4) is 0 Å². The number of carboxylic acids is 1. The first-order chi connectivity index (χ1) is 13.1. The molecule has 0 radical (unpaired) electrons. The van der Waals surface area contributed by atoms with Gasteiger partial charge in [0.25, 0.3) is 0 Å². The van der Waals surface area contributed by atoms with Crippen LogP contribution in [0.5, 0.6) is 0 Å². The summed E-state index contributed by atoms with van der Waals surface area (Å²) < 4.78 is 0. The quantitative estimate of drug-likeness (QED) is 0.697. The summed E-state index contributed by atoms with van der Waals surface area (Å²) in [6.45, 7) is 3.71. The predicted molar refractivity (Wildman–Crippen MR) is 107 cm³/mol. The van der Waals surface area contributed by atoms with Crippen molar-refractivity contribution in [1.82, 2.24) is 9.88 Å². The van der Waals surface area contributed by atoms with Crippen molar-refractivity contribution in [1.29, 1.82) is 0 Å². The van der Waals surface area contributed by atoms with Gasteiger partial charge in [-0.05, 0) is 42.5 Å². The number of carbonyl (C=O) groups is 1. The van der Waals surface area contributed by atoms with E-state index >= 15 is 0 Å². The second-order valence-electron chi connectivity index (χ2n) is 6.97. The van der Waals surface area contributed by atoms with Crippen LogP contribution in [0.4, 0.5) is 5.69 Å². The Morgan fingerprint density at radius 2 is 1.78 bits per heavy atom. The number of aliphatic carboxylic acids is 1. The lowest BCUT2D eigenvalue weighted by atomic mass is 9.98. The Balaban J connectivity index is 1.58. The number of nitrogens with zero attached hydrogens (tertiary/aromatic N) is 3. The molecule has 1 aliphatic rings. The highest BCUT2D eigenvalue weighted by Crippen LogP contribution is 2.24. The smallest absolute Gasteiger partial charge is 0.303 e. The summed E-state index contributed by atoms with van der Waals surface area (Å²) in [7, 11) is 0. The van der Waals surface area contributed by atoms with Gasteiger partial charge in [-0.2, -0.15) is 0 Å². The van der Waals surface area contributed by atoms with Crippen LogP contribution in [0.25, 0.3) is 0 Å². The zero-order valence-electron chi connectivity index (χ0n) is 15.6. The summed E-state index contributed by atoms with van der Waals surface area (Å²) in [5.74, 6) is -0.730. The minimum absolute atomic E-state index is 0.125. The van der Waals surface area contributed by atoms with Crippen molar-refractivity contribution in [3.63, 3.8) is 0 Å². The van der Waals surface area contributed by atoms with E-state index in [4.69, 9.17) is 10.8 Å². The zero-order valence-corrected chi connectivity index (χ0v) is 15.6. The number of carboxylic acid groups (broad SMARTS) is 1. The third kappa shape index (κ3) is 5.28. The van der Waals surface area contributed by atoms with E-state index < -0.39 is 5.97 Å². The Morgan fingerprint density at radius 3 is 2.48 bits per heavy atom. The van der Waals surface area contributed by atoms with Crippen molar-refractivity contribution >= 4 is 11.7 Å². The molecule has 1 aromatic carbocycles. The molecule has 144 valence electrons. The number of benzene rings is 1. The molecule has 1 saturated heterocycles. The van der Waals surface area contributed by atoms with Crippen LogP contribution in [0, 0.1) is 0 Å². The Morgan fingerprint density at radius 1 is 1.07 bits per heavy atom. The lowest BCUT2D eigenvalue weighted by Crippen LogP contribution is -2.49. The number of anilines is 1. The maximum Gasteiger partial charge on any atom is 0.303 e. The summed E-state index contributed by atoms with van der Waals surface area (Å²) in [6.07, 6.45) is 6.19. The average Bonchev–Trinajstić information content (AvgIpc) is 2.72. The van der Waals surface area contributed by atoms with Crippen molar-refractivity contribution < 1.29 is 9.90 Å². The molecule has 6 nitrogen and oxygen atoms in total. The van der Waals surface area contributed by atoms with Crippen LogP contribution in [0.15, 0.2) is 48.8 Å². The molecule has 1 atom stereocenters. The maximum atomic E-state index is 10.7. The number of hydrogen-bond acceptors (Lipinski definition) is 5. The summed E-state index contributed by atoms with van der Waals surface area (Å²) in [6, 6.07) is 12.4. The Hall–Kier alpha value is -2.44. The van der Waals surface area contributed by atoms with E-state index in [0.717, 1.165) is 44.6 Å². The number of piperazine rings is 1. The van der Waals surface area contributed by atoms with Gasteiger partial charge in [0.1, 0.15) is 0 Å². The Bertz CT molecular complexity index is 730. The van der Waals surface area contributed by atoms with E-state index in [2.05, 4.69) is 26.9 Å². The summed E-state index contributed by atoms with van der Waals surface area (Å²) in [5.41, 5.74) is 10.2. The molecule has 1 aromatic heterocycles. The first-order valence-electron chi connectivity index (χ1n) is 9.59. The fourth-order valence-electron chi connectivity index (χ4n) is 3.65. The third-order valence-corrected chi connectivity index (χ3v) is 5.20. The van der Waals surface area contributed by atoms with Crippen LogP contribution in [0.2, 0.25) is 0 Å². The molecular formula is C21H28N4O2. The summed E-state index contributed by atoms with van der Waals surface area (Å²) >= 11 is 0. The molecule has 1 fully saturated rings. The minimum Gasteiger partial charge on any atom is -0.481 e. The molecule has 1 aliphatic heterocycles. The highest BCUT2D eigenvalue weighted by atomic mass is 16.4. The van der Waals surface area contributed by atoms with Crippen LogP contribution in [0.3, 0.4) is 0 Å². The van der Waals surface area contributed by atoms with E-state index in [1.54, 1.807) is 0 Å². The van der Waals surface area contributed by atoms with Gasteiger partial charge in [-0.3, -0.25) is 14.7 Å². The molecule has 1 unspecified atom stereocenters. The first kappa shape index (κ1) is 19.3. The van der Waals surface area contributed by atoms with E-state index in [0.29, 0.717) is 6.42 Å². The van der Waals surface area contributed by atoms with E-state index in [-0.39, 0.29) is 12.6 Å². The molecule has 2 heterocycles. The molecule has 6 heteroatoms. The molecular weight excluding hydrogens is 340 g/mol. The van der Waals surface area contributed by atoms with Crippen LogP contribution >= 0.6 is 0 Å². The molecule has 0 spiro atoms. The van der Waals surface area contributed by atoms with Gasteiger partial charge in [0.05, 0.1) is 6.17 Å². The molecule has 0 aliphatic carbocycles. The number of unbranched alkanes of at least 4 members (excludes halogenated alkanes) is 1. The number of hydrogen-bond donors (Lipinski definition) is 2. The fourth-order valence-corrected chi connectivity index (χ4v) is 3.65. The van der Waals surface area contributed by atoms with Gasteiger partial charge in [0.2, 0.25) is 0 Å². The van der Waals surface area contributed by atoms with Crippen LogP contribution in [-0.2, 0) is 11.2 Å². The zero-order chi connectivity index (χ0) is 19.1. The largest absolute Gasteiger partial charge is 0.481 e. The van der Waals surface area contributed by atoms with Crippen LogP contribution in [0.1, 0.15) is 36.6 Å². The van der Waals surface area contributed by atoms with Gasteiger partial charge in [-0.25, -0.2) is 0 Å². The molecule has 0 bridgehead atoms. The molecule has 27 heavy (non-hydrogen) atoms. The minimum atomic E-state index is -0.730. The highest BCUT2D eigenvalue weighted by Gasteiger charge is 2.23. The van der Waals surface area contributed by atoms with Crippen molar-refractivity contribution in [2.24, 2.45) is 5.73 Å². The number of aryl methyl sites for hydroxylation is 1. The van der Waals surface area contributed by atoms with E-state index in [9.17, 15) is 4.79 Å². The average molecular weight is 368 g/mol. The second-order valence-corrected chi connectivity index (χ2v) is 6.97. The molecule has 2 aromatic rings. The second kappa shape index (κ2) is 9.48. The van der Waals surface area contributed by atoms with Gasteiger partial charge >= 0.3 is 5.97 Å². The summed E-state index contributed by atoms with van der Waals surface area (Å²) in [5, 5.41) is 8.79. The van der Waals surface area contributed by atoms with Gasteiger partial charge < -0.3 is 15.7 Å². The number of rotatable bonds is 8.